The number of amides is 1. The fourth-order valence-corrected chi connectivity index (χ4v) is 3.02. The van der Waals surface area contributed by atoms with E-state index >= 15 is 0 Å². The minimum Gasteiger partial charge on any atom is -0.350 e. The summed E-state index contributed by atoms with van der Waals surface area (Å²) in [7, 11) is 0. The van der Waals surface area contributed by atoms with Gasteiger partial charge in [0.1, 0.15) is 0 Å². The average Bonchev–Trinajstić information content (AvgIpc) is 2.94. The lowest BCUT2D eigenvalue weighted by Gasteiger charge is -2.29. The number of nitrogens with one attached hydrogen (secondary N) is 2. The maximum atomic E-state index is 13.1. The highest BCUT2D eigenvalue weighted by atomic mass is 32.1. The first kappa shape index (κ1) is 14.3. The molecule has 0 saturated carbocycles. The zero-order valence-corrected chi connectivity index (χ0v) is 11.3. The van der Waals surface area contributed by atoms with Gasteiger partial charge >= 0.3 is 6.18 Å². The van der Waals surface area contributed by atoms with Crippen molar-refractivity contribution in [2.75, 3.05) is 13.1 Å². The highest BCUT2D eigenvalue weighted by molar-refractivity contribution is 7.10. The Bertz CT molecular complexity index is 464. The number of carbonyl (C=O) groups excluding carboxylic acids is 1. The molecule has 106 valence electrons. The van der Waals surface area contributed by atoms with E-state index in [2.05, 4.69) is 10.6 Å². The summed E-state index contributed by atoms with van der Waals surface area (Å²) < 4.78 is 39.3. The predicted octanol–water partition coefficient (Wildman–Crippen LogP) is 2.21. The number of aryl methyl sites for hydroxylation is 1. The summed E-state index contributed by atoms with van der Waals surface area (Å²) in [6.07, 6.45) is -4.73. The molecule has 3 nitrogen and oxygen atoms in total. The summed E-state index contributed by atoms with van der Waals surface area (Å²) in [6.45, 7) is 1.89. The van der Waals surface area contributed by atoms with Crippen LogP contribution in [-0.2, 0) is 11.3 Å². The first-order chi connectivity index (χ1) is 8.87. The van der Waals surface area contributed by atoms with E-state index in [0.29, 0.717) is 0 Å². The van der Waals surface area contributed by atoms with Gasteiger partial charge in [-0.3, -0.25) is 4.79 Å². The van der Waals surface area contributed by atoms with Crippen molar-refractivity contribution >= 4 is 17.2 Å². The number of hydrogen-bond acceptors (Lipinski definition) is 3. The van der Waals surface area contributed by atoms with E-state index < -0.39 is 17.5 Å². The Kier molecular flexibility index (Phi) is 3.87. The Morgan fingerprint density at radius 1 is 1.58 bits per heavy atom. The molecule has 1 atom stereocenters. The van der Waals surface area contributed by atoms with Gasteiger partial charge in [-0.2, -0.15) is 13.2 Å². The SMILES string of the molecule is Cc1ccsc1CNC(=O)C1(C(F)(F)F)CCNC1. The fourth-order valence-electron chi connectivity index (χ4n) is 2.17. The minimum absolute atomic E-state index is 0.153. The maximum absolute atomic E-state index is 13.1. The van der Waals surface area contributed by atoms with Gasteiger partial charge in [0.15, 0.2) is 5.41 Å². The first-order valence-corrected chi connectivity index (χ1v) is 6.83. The average molecular weight is 292 g/mol. The fraction of sp³-hybridized carbons (Fsp3) is 0.583. The third-order valence-electron chi connectivity index (χ3n) is 3.51. The molecule has 0 bridgehead atoms. The van der Waals surface area contributed by atoms with E-state index in [-0.39, 0.29) is 26.1 Å². The van der Waals surface area contributed by atoms with Crippen LogP contribution in [0.5, 0.6) is 0 Å². The molecule has 1 aromatic rings. The van der Waals surface area contributed by atoms with Crippen LogP contribution in [0.15, 0.2) is 11.4 Å². The Hall–Kier alpha value is -1.08. The van der Waals surface area contributed by atoms with Gasteiger partial charge in [-0.1, -0.05) is 0 Å². The number of halogens is 3. The zero-order valence-electron chi connectivity index (χ0n) is 10.4. The zero-order chi connectivity index (χ0) is 14.1. The molecule has 1 saturated heterocycles. The van der Waals surface area contributed by atoms with E-state index in [1.165, 1.54) is 11.3 Å². The van der Waals surface area contributed by atoms with Crippen LogP contribution in [0.2, 0.25) is 0 Å². The van der Waals surface area contributed by atoms with Crippen molar-refractivity contribution in [3.63, 3.8) is 0 Å². The second-order valence-corrected chi connectivity index (χ2v) is 5.72. The molecule has 7 heteroatoms. The van der Waals surface area contributed by atoms with E-state index in [4.69, 9.17) is 0 Å². The van der Waals surface area contributed by atoms with Crippen molar-refractivity contribution in [3.05, 3.63) is 21.9 Å². The smallest absolute Gasteiger partial charge is 0.350 e. The molecule has 0 spiro atoms. The molecule has 1 aliphatic heterocycles. The lowest BCUT2D eigenvalue weighted by Crippen LogP contribution is -2.52. The molecular weight excluding hydrogens is 277 g/mol. The van der Waals surface area contributed by atoms with Crippen LogP contribution < -0.4 is 10.6 Å². The van der Waals surface area contributed by atoms with Crippen LogP contribution in [0.1, 0.15) is 16.9 Å². The minimum atomic E-state index is -4.52. The van der Waals surface area contributed by atoms with Crippen molar-refractivity contribution in [3.8, 4) is 0 Å². The van der Waals surface area contributed by atoms with Gasteiger partial charge in [0.25, 0.3) is 0 Å². The Morgan fingerprint density at radius 3 is 2.79 bits per heavy atom. The standard InChI is InChI=1S/C12H15F3N2OS/c1-8-2-5-19-9(8)6-17-10(18)11(12(13,14)15)3-4-16-7-11/h2,5,16H,3-4,6-7H2,1H3,(H,17,18). The van der Waals surface area contributed by atoms with Gasteiger partial charge in [0, 0.05) is 11.4 Å². The van der Waals surface area contributed by atoms with Crippen LogP contribution in [0.3, 0.4) is 0 Å². The number of rotatable bonds is 3. The Balaban J connectivity index is 2.07. The summed E-state index contributed by atoms with van der Waals surface area (Å²) in [6, 6.07) is 1.88. The van der Waals surface area contributed by atoms with Crippen LogP contribution in [0.4, 0.5) is 13.2 Å². The van der Waals surface area contributed by atoms with Crippen LogP contribution >= 0.6 is 11.3 Å². The highest BCUT2D eigenvalue weighted by Crippen LogP contribution is 2.43. The lowest BCUT2D eigenvalue weighted by atomic mass is 9.85. The van der Waals surface area contributed by atoms with Crippen LogP contribution in [-0.4, -0.2) is 25.2 Å². The second kappa shape index (κ2) is 5.13. The number of thiophene rings is 1. The lowest BCUT2D eigenvalue weighted by molar-refractivity contribution is -0.216. The third-order valence-corrected chi connectivity index (χ3v) is 4.53. The molecular formula is C12H15F3N2OS. The monoisotopic (exact) mass is 292 g/mol. The van der Waals surface area contributed by atoms with E-state index in [9.17, 15) is 18.0 Å². The van der Waals surface area contributed by atoms with Crippen molar-refractivity contribution in [1.82, 2.24) is 10.6 Å². The molecule has 19 heavy (non-hydrogen) atoms. The van der Waals surface area contributed by atoms with Crippen molar-refractivity contribution in [2.24, 2.45) is 5.41 Å². The van der Waals surface area contributed by atoms with Crippen molar-refractivity contribution in [1.29, 1.82) is 0 Å². The summed E-state index contributed by atoms with van der Waals surface area (Å²) in [5.41, 5.74) is -1.30. The summed E-state index contributed by atoms with van der Waals surface area (Å²) in [5.74, 6) is -0.933. The van der Waals surface area contributed by atoms with Crippen LogP contribution in [0.25, 0.3) is 0 Å². The first-order valence-electron chi connectivity index (χ1n) is 5.95. The normalized spacial score (nSPS) is 23.6. The quantitative estimate of drug-likeness (QED) is 0.897. The molecule has 1 amide bonds. The van der Waals surface area contributed by atoms with E-state index in [0.717, 1.165) is 10.4 Å². The summed E-state index contributed by atoms with van der Waals surface area (Å²) >= 11 is 1.43. The number of alkyl halides is 3. The largest absolute Gasteiger partial charge is 0.404 e. The second-order valence-electron chi connectivity index (χ2n) is 4.72. The van der Waals surface area contributed by atoms with Crippen LogP contribution in [0, 0.1) is 12.3 Å². The molecule has 1 aliphatic rings. The molecule has 2 heterocycles. The molecule has 0 aromatic carbocycles. The van der Waals surface area contributed by atoms with E-state index in [1.54, 1.807) is 0 Å². The molecule has 1 fully saturated rings. The Labute approximate surface area is 113 Å². The van der Waals surface area contributed by atoms with Gasteiger partial charge in [-0.05, 0) is 36.9 Å². The number of hydrogen-bond donors (Lipinski definition) is 2. The molecule has 0 aliphatic carbocycles. The highest BCUT2D eigenvalue weighted by Gasteiger charge is 2.61. The van der Waals surface area contributed by atoms with Crippen molar-refractivity contribution in [2.45, 2.75) is 26.1 Å². The van der Waals surface area contributed by atoms with E-state index in [1.807, 2.05) is 18.4 Å². The van der Waals surface area contributed by atoms with Crippen molar-refractivity contribution < 1.29 is 18.0 Å². The van der Waals surface area contributed by atoms with Gasteiger partial charge in [0.2, 0.25) is 5.91 Å². The predicted molar refractivity (Wildman–Crippen MR) is 66.9 cm³/mol. The van der Waals surface area contributed by atoms with Gasteiger partial charge in [-0.15, -0.1) is 11.3 Å². The van der Waals surface area contributed by atoms with Gasteiger partial charge in [-0.25, -0.2) is 0 Å². The third kappa shape index (κ3) is 2.62. The summed E-state index contributed by atoms with van der Waals surface area (Å²) in [4.78, 5) is 12.8. The molecule has 2 N–H and O–H groups in total. The Morgan fingerprint density at radius 2 is 2.32 bits per heavy atom. The van der Waals surface area contributed by atoms with Gasteiger partial charge in [0.05, 0.1) is 6.54 Å². The topological polar surface area (TPSA) is 41.1 Å². The number of carbonyl (C=O) groups is 1. The summed E-state index contributed by atoms with van der Waals surface area (Å²) in [5, 5.41) is 6.91. The maximum Gasteiger partial charge on any atom is 0.404 e. The molecule has 1 aromatic heterocycles. The molecule has 1 unspecified atom stereocenters. The molecule has 2 rings (SSSR count). The van der Waals surface area contributed by atoms with Gasteiger partial charge < -0.3 is 10.6 Å². The molecule has 0 radical (unpaired) electrons.